The van der Waals surface area contributed by atoms with Crippen molar-refractivity contribution in [3.63, 3.8) is 0 Å². The van der Waals surface area contributed by atoms with Crippen molar-refractivity contribution >= 4 is 16.8 Å². The zero-order valence-electron chi connectivity index (χ0n) is 11.7. The first kappa shape index (κ1) is 12.3. The number of imidazole rings is 1. The lowest BCUT2D eigenvalue weighted by atomic mass is 10.0. The number of hydrogen-bond donors (Lipinski definition) is 1. The van der Waals surface area contributed by atoms with Gasteiger partial charge in [0.15, 0.2) is 5.78 Å². The molecule has 2 aromatic carbocycles. The van der Waals surface area contributed by atoms with Crippen molar-refractivity contribution in [1.82, 2.24) is 9.97 Å². The quantitative estimate of drug-likeness (QED) is 0.738. The van der Waals surface area contributed by atoms with Crippen LogP contribution in [0, 0.1) is 5.92 Å². The molecule has 0 spiro atoms. The Hall–Kier alpha value is -2.42. The summed E-state index contributed by atoms with van der Waals surface area (Å²) in [5.41, 5.74) is 3.31. The van der Waals surface area contributed by atoms with Crippen LogP contribution in [0.2, 0.25) is 0 Å². The van der Waals surface area contributed by atoms with Gasteiger partial charge < -0.3 is 4.98 Å². The van der Waals surface area contributed by atoms with Crippen molar-refractivity contribution in [1.29, 1.82) is 0 Å². The highest BCUT2D eigenvalue weighted by Crippen LogP contribution is 2.32. The van der Waals surface area contributed by atoms with Crippen molar-refractivity contribution in [2.24, 2.45) is 5.92 Å². The van der Waals surface area contributed by atoms with Crippen LogP contribution < -0.4 is 0 Å². The van der Waals surface area contributed by atoms with Crippen LogP contribution in [-0.4, -0.2) is 15.8 Å². The lowest BCUT2D eigenvalue weighted by Crippen LogP contribution is -2.00. The van der Waals surface area contributed by atoms with E-state index in [4.69, 9.17) is 0 Å². The van der Waals surface area contributed by atoms with E-state index in [1.54, 1.807) is 0 Å². The normalized spacial score (nSPS) is 14.5. The Morgan fingerprint density at radius 2 is 1.90 bits per heavy atom. The Morgan fingerprint density at radius 1 is 1.10 bits per heavy atom. The second kappa shape index (κ2) is 4.85. The Kier molecular flexibility index (Phi) is 2.85. The number of ketones is 1. The fourth-order valence-electron chi connectivity index (χ4n) is 2.65. The van der Waals surface area contributed by atoms with E-state index in [0.717, 1.165) is 34.8 Å². The van der Waals surface area contributed by atoms with Crippen LogP contribution in [0.15, 0.2) is 48.5 Å². The number of carbonyl (C=O) groups excluding carboxylic acids is 1. The van der Waals surface area contributed by atoms with Crippen LogP contribution in [0.3, 0.4) is 0 Å². The molecular weight excluding hydrogens is 260 g/mol. The number of hydrogen-bond acceptors (Lipinski definition) is 2. The number of H-pyrrole nitrogens is 1. The van der Waals surface area contributed by atoms with E-state index in [-0.39, 0.29) is 5.78 Å². The van der Waals surface area contributed by atoms with Crippen molar-refractivity contribution in [3.8, 4) is 0 Å². The standard InChI is InChI=1S/C18H16N2O/c21-18(13-4-2-1-3-5-13)14-8-9-15-16(11-14)20-17(19-15)10-12-6-7-12/h1-5,8-9,11-12H,6-7,10H2,(H,19,20). The number of benzene rings is 2. The summed E-state index contributed by atoms with van der Waals surface area (Å²) in [6.07, 6.45) is 3.65. The van der Waals surface area contributed by atoms with Crippen LogP contribution in [-0.2, 0) is 6.42 Å². The first-order valence-electron chi connectivity index (χ1n) is 7.38. The number of aromatic nitrogens is 2. The molecule has 0 atom stereocenters. The van der Waals surface area contributed by atoms with Gasteiger partial charge in [0.2, 0.25) is 0 Å². The van der Waals surface area contributed by atoms with E-state index in [2.05, 4.69) is 9.97 Å². The number of fused-ring (bicyclic) bond motifs is 1. The van der Waals surface area contributed by atoms with Crippen molar-refractivity contribution in [2.75, 3.05) is 0 Å². The molecule has 1 aliphatic carbocycles. The molecule has 1 heterocycles. The molecule has 3 heteroatoms. The van der Waals surface area contributed by atoms with Gasteiger partial charge >= 0.3 is 0 Å². The summed E-state index contributed by atoms with van der Waals surface area (Å²) in [5, 5.41) is 0. The van der Waals surface area contributed by atoms with Gasteiger partial charge in [0.05, 0.1) is 11.0 Å². The summed E-state index contributed by atoms with van der Waals surface area (Å²) in [4.78, 5) is 20.4. The number of aromatic amines is 1. The summed E-state index contributed by atoms with van der Waals surface area (Å²) in [6.45, 7) is 0. The molecule has 1 saturated carbocycles. The highest BCUT2D eigenvalue weighted by molar-refractivity contribution is 6.10. The fraction of sp³-hybridized carbons (Fsp3) is 0.222. The SMILES string of the molecule is O=C(c1ccccc1)c1ccc2nc(CC3CC3)[nH]c2c1. The summed E-state index contributed by atoms with van der Waals surface area (Å²) in [6, 6.07) is 15.1. The Morgan fingerprint density at radius 3 is 2.67 bits per heavy atom. The highest BCUT2D eigenvalue weighted by Gasteiger charge is 2.23. The molecule has 4 rings (SSSR count). The molecule has 3 aromatic rings. The van der Waals surface area contributed by atoms with Crippen LogP contribution >= 0.6 is 0 Å². The highest BCUT2D eigenvalue weighted by atomic mass is 16.1. The number of nitrogens with one attached hydrogen (secondary N) is 1. The molecule has 0 bridgehead atoms. The van der Waals surface area contributed by atoms with Crippen molar-refractivity contribution < 1.29 is 4.79 Å². The Bertz CT molecular complexity index is 800. The van der Waals surface area contributed by atoms with Gasteiger partial charge in [0.1, 0.15) is 5.82 Å². The molecule has 3 nitrogen and oxygen atoms in total. The van der Waals surface area contributed by atoms with E-state index >= 15 is 0 Å². The van der Waals surface area contributed by atoms with E-state index in [1.165, 1.54) is 12.8 Å². The molecule has 0 saturated heterocycles. The topological polar surface area (TPSA) is 45.8 Å². The van der Waals surface area contributed by atoms with Gasteiger partial charge in [-0.3, -0.25) is 4.79 Å². The molecule has 1 aromatic heterocycles. The van der Waals surface area contributed by atoms with Crippen molar-refractivity contribution in [2.45, 2.75) is 19.3 Å². The summed E-state index contributed by atoms with van der Waals surface area (Å²) in [5.74, 6) is 1.89. The van der Waals surface area contributed by atoms with Crippen LogP contribution in [0.25, 0.3) is 11.0 Å². The van der Waals surface area contributed by atoms with E-state index in [1.807, 2.05) is 48.5 Å². The third-order valence-corrected chi connectivity index (χ3v) is 4.01. The van der Waals surface area contributed by atoms with E-state index in [0.29, 0.717) is 5.56 Å². The summed E-state index contributed by atoms with van der Waals surface area (Å²) < 4.78 is 0. The first-order valence-corrected chi connectivity index (χ1v) is 7.38. The largest absolute Gasteiger partial charge is 0.342 e. The van der Waals surface area contributed by atoms with Gasteiger partial charge in [-0.05, 0) is 37.0 Å². The molecule has 0 amide bonds. The monoisotopic (exact) mass is 276 g/mol. The number of carbonyl (C=O) groups is 1. The lowest BCUT2D eigenvalue weighted by molar-refractivity contribution is 0.103. The predicted octanol–water partition coefficient (Wildman–Crippen LogP) is 3.75. The number of nitrogens with zero attached hydrogens (tertiary/aromatic N) is 1. The zero-order valence-corrected chi connectivity index (χ0v) is 11.7. The lowest BCUT2D eigenvalue weighted by Gasteiger charge is -2.00. The zero-order chi connectivity index (χ0) is 14.2. The smallest absolute Gasteiger partial charge is 0.193 e. The molecule has 104 valence electrons. The average molecular weight is 276 g/mol. The van der Waals surface area contributed by atoms with Gasteiger partial charge in [-0.1, -0.05) is 30.3 Å². The molecule has 1 aliphatic rings. The number of rotatable bonds is 4. The van der Waals surface area contributed by atoms with Gasteiger partial charge in [-0.25, -0.2) is 4.98 Å². The van der Waals surface area contributed by atoms with Gasteiger partial charge in [-0.15, -0.1) is 0 Å². The van der Waals surface area contributed by atoms with Gasteiger partial charge in [-0.2, -0.15) is 0 Å². The van der Waals surface area contributed by atoms with Crippen LogP contribution in [0.4, 0.5) is 0 Å². The van der Waals surface area contributed by atoms with Crippen molar-refractivity contribution in [3.05, 3.63) is 65.5 Å². The molecule has 21 heavy (non-hydrogen) atoms. The minimum Gasteiger partial charge on any atom is -0.342 e. The molecule has 1 fully saturated rings. The molecule has 0 unspecified atom stereocenters. The second-order valence-corrected chi connectivity index (χ2v) is 5.76. The van der Waals surface area contributed by atoms with E-state index in [9.17, 15) is 4.79 Å². The third kappa shape index (κ3) is 2.47. The Labute approximate surface area is 123 Å². The molecule has 0 aliphatic heterocycles. The summed E-state index contributed by atoms with van der Waals surface area (Å²) >= 11 is 0. The van der Waals surface area contributed by atoms with Crippen LogP contribution in [0.1, 0.15) is 34.6 Å². The Balaban J connectivity index is 1.67. The van der Waals surface area contributed by atoms with Gasteiger partial charge in [0.25, 0.3) is 0 Å². The van der Waals surface area contributed by atoms with Crippen LogP contribution in [0.5, 0.6) is 0 Å². The molecule has 1 N–H and O–H groups in total. The maximum absolute atomic E-state index is 12.5. The second-order valence-electron chi connectivity index (χ2n) is 5.76. The summed E-state index contributed by atoms with van der Waals surface area (Å²) in [7, 11) is 0. The minimum absolute atomic E-state index is 0.0517. The van der Waals surface area contributed by atoms with Gasteiger partial charge in [0, 0.05) is 17.5 Å². The fourth-order valence-corrected chi connectivity index (χ4v) is 2.65. The predicted molar refractivity (Wildman–Crippen MR) is 82.4 cm³/mol. The minimum atomic E-state index is 0.0517. The molecule has 0 radical (unpaired) electrons. The maximum atomic E-state index is 12.5. The maximum Gasteiger partial charge on any atom is 0.193 e. The van der Waals surface area contributed by atoms with E-state index < -0.39 is 0 Å². The average Bonchev–Trinajstić information content (AvgIpc) is 3.24. The molecular formula is C18H16N2O. The first-order chi connectivity index (χ1) is 10.3. The third-order valence-electron chi connectivity index (χ3n) is 4.01.